The Hall–Kier alpha value is -1.83. The maximum atomic E-state index is 9.16. The maximum absolute atomic E-state index is 9.16. The van der Waals surface area contributed by atoms with Crippen LogP contribution in [0.1, 0.15) is 5.56 Å². The van der Waals surface area contributed by atoms with Crippen LogP contribution in [0.3, 0.4) is 0 Å². The Morgan fingerprint density at radius 1 is 1.30 bits per heavy atom. The molecule has 0 spiro atoms. The van der Waals surface area contributed by atoms with Gasteiger partial charge in [-0.15, -0.1) is 0 Å². The molecule has 3 rings (SSSR count). The average Bonchev–Trinajstić information content (AvgIpc) is 2.79. The SMILES string of the molecule is Cn1c(-c2ccc(Cl)c(Br)c2)nc2c(C#N)cccc21. The molecule has 0 saturated heterocycles. The van der Waals surface area contributed by atoms with Gasteiger partial charge in [0.25, 0.3) is 0 Å². The molecule has 2 aromatic carbocycles. The van der Waals surface area contributed by atoms with Gasteiger partial charge in [-0.3, -0.25) is 0 Å². The summed E-state index contributed by atoms with van der Waals surface area (Å²) in [6.07, 6.45) is 0. The van der Waals surface area contributed by atoms with Crippen LogP contribution in [-0.4, -0.2) is 9.55 Å². The molecule has 0 atom stereocenters. The molecular formula is C15H9BrClN3. The Morgan fingerprint density at radius 2 is 2.10 bits per heavy atom. The van der Waals surface area contributed by atoms with E-state index in [0.717, 1.165) is 26.9 Å². The van der Waals surface area contributed by atoms with E-state index >= 15 is 0 Å². The third-order valence-electron chi connectivity index (χ3n) is 3.21. The highest BCUT2D eigenvalue weighted by Crippen LogP contribution is 2.30. The van der Waals surface area contributed by atoms with Gasteiger partial charge in [-0.25, -0.2) is 4.98 Å². The van der Waals surface area contributed by atoms with E-state index in [2.05, 4.69) is 27.0 Å². The highest BCUT2D eigenvalue weighted by Gasteiger charge is 2.13. The van der Waals surface area contributed by atoms with Gasteiger partial charge in [-0.2, -0.15) is 5.26 Å². The zero-order valence-electron chi connectivity index (χ0n) is 10.6. The van der Waals surface area contributed by atoms with E-state index in [-0.39, 0.29) is 0 Å². The molecule has 1 aromatic heterocycles. The normalized spacial score (nSPS) is 10.7. The lowest BCUT2D eigenvalue weighted by molar-refractivity contribution is 0.959. The minimum absolute atomic E-state index is 0.581. The van der Waals surface area contributed by atoms with Gasteiger partial charge in [-0.1, -0.05) is 17.7 Å². The van der Waals surface area contributed by atoms with Crippen LogP contribution in [-0.2, 0) is 7.05 Å². The minimum atomic E-state index is 0.581. The molecule has 0 aliphatic heterocycles. The van der Waals surface area contributed by atoms with E-state index in [1.807, 2.05) is 41.9 Å². The lowest BCUT2D eigenvalue weighted by atomic mass is 10.2. The number of hydrogen-bond acceptors (Lipinski definition) is 2. The van der Waals surface area contributed by atoms with E-state index in [4.69, 9.17) is 16.9 Å². The van der Waals surface area contributed by atoms with Crippen LogP contribution >= 0.6 is 27.5 Å². The molecular weight excluding hydrogens is 338 g/mol. The molecule has 0 N–H and O–H groups in total. The summed E-state index contributed by atoms with van der Waals surface area (Å²) in [6.45, 7) is 0. The molecule has 98 valence electrons. The summed E-state index contributed by atoms with van der Waals surface area (Å²) in [5, 5.41) is 9.82. The van der Waals surface area contributed by atoms with Crippen molar-refractivity contribution in [2.24, 2.45) is 7.05 Å². The second kappa shape index (κ2) is 4.93. The molecule has 20 heavy (non-hydrogen) atoms. The van der Waals surface area contributed by atoms with Gasteiger partial charge in [0.05, 0.1) is 16.1 Å². The van der Waals surface area contributed by atoms with Crippen molar-refractivity contribution in [2.45, 2.75) is 0 Å². The Labute approximate surface area is 129 Å². The number of fused-ring (bicyclic) bond motifs is 1. The van der Waals surface area contributed by atoms with Crippen molar-refractivity contribution in [1.82, 2.24) is 9.55 Å². The highest BCUT2D eigenvalue weighted by molar-refractivity contribution is 9.10. The van der Waals surface area contributed by atoms with Crippen molar-refractivity contribution in [3.8, 4) is 17.5 Å². The Kier molecular flexibility index (Phi) is 3.25. The van der Waals surface area contributed by atoms with Crippen LogP contribution in [0.25, 0.3) is 22.4 Å². The molecule has 0 bridgehead atoms. The molecule has 1 heterocycles. The number of aryl methyl sites for hydroxylation is 1. The molecule has 3 aromatic rings. The summed E-state index contributed by atoms with van der Waals surface area (Å²) in [5.74, 6) is 0.806. The number of halogens is 2. The number of imidazole rings is 1. The monoisotopic (exact) mass is 345 g/mol. The first-order valence-corrected chi connectivity index (χ1v) is 7.10. The molecule has 0 saturated carbocycles. The second-order valence-electron chi connectivity index (χ2n) is 4.41. The number of benzene rings is 2. The molecule has 3 nitrogen and oxygen atoms in total. The zero-order valence-corrected chi connectivity index (χ0v) is 12.9. The van der Waals surface area contributed by atoms with Crippen LogP contribution in [0, 0.1) is 11.3 Å². The summed E-state index contributed by atoms with van der Waals surface area (Å²) in [4.78, 5) is 4.60. The predicted octanol–water partition coefficient (Wildman–Crippen LogP) is 4.53. The predicted molar refractivity (Wildman–Crippen MR) is 83.6 cm³/mol. The van der Waals surface area contributed by atoms with Crippen LogP contribution in [0.4, 0.5) is 0 Å². The third-order valence-corrected chi connectivity index (χ3v) is 4.42. The van der Waals surface area contributed by atoms with Gasteiger partial charge in [0.2, 0.25) is 0 Å². The van der Waals surface area contributed by atoms with Crippen molar-refractivity contribution in [3.05, 3.63) is 51.5 Å². The second-order valence-corrected chi connectivity index (χ2v) is 5.67. The first-order chi connectivity index (χ1) is 9.61. The first-order valence-electron chi connectivity index (χ1n) is 5.93. The summed E-state index contributed by atoms with van der Waals surface area (Å²) in [6, 6.07) is 13.4. The van der Waals surface area contributed by atoms with Gasteiger partial charge in [0.15, 0.2) is 0 Å². The summed E-state index contributed by atoms with van der Waals surface area (Å²) in [7, 11) is 1.94. The smallest absolute Gasteiger partial charge is 0.140 e. The fourth-order valence-corrected chi connectivity index (χ4v) is 2.69. The number of nitrogens with zero attached hydrogens (tertiary/aromatic N) is 3. The summed E-state index contributed by atoms with van der Waals surface area (Å²) >= 11 is 9.44. The number of para-hydroxylation sites is 1. The fraction of sp³-hybridized carbons (Fsp3) is 0.0667. The van der Waals surface area contributed by atoms with Crippen LogP contribution in [0.5, 0.6) is 0 Å². The quantitative estimate of drug-likeness (QED) is 0.649. The molecule has 5 heteroatoms. The van der Waals surface area contributed by atoms with E-state index in [1.54, 1.807) is 6.07 Å². The van der Waals surface area contributed by atoms with Crippen LogP contribution < -0.4 is 0 Å². The van der Waals surface area contributed by atoms with Crippen molar-refractivity contribution in [1.29, 1.82) is 5.26 Å². The third kappa shape index (κ3) is 2.00. The van der Waals surface area contributed by atoms with Gasteiger partial charge in [0.1, 0.15) is 17.4 Å². The van der Waals surface area contributed by atoms with E-state index in [0.29, 0.717) is 10.6 Å². The van der Waals surface area contributed by atoms with Gasteiger partial charge < -0.3 is 4.57 Å². The molecule has 0 radical (unpaired) electrons. The molecule has 0 fully saturated rings. The highest BCUT2D eigenvalue weighted by atomic mass is 79.9. The Morgan fingerprint density at radius 3 is 2.80 bits per heavy atom. The van der Waals surface area contributed by atoms with E-state index in [1.165, 1.54) is 0 Å². The molecule has 0 aliphatic rings. The Bertz CT molecular complexity index is 861. The number of hydrogen-bond donors (Lipinski definition) is 0. The van der Waals surface area contributed by atoms with E-state index in [9.17, 15) is 0 Å². The zero-order chi connectivity index (χ0) is 14.3. The van der Waals surface area contributed by atoms with Gasteiger partial charge in [0, 0.05) is 17.1 Å². The Balaban J connectivity index is 2.29. The summed E-state index contributed by atoms with van der Waals surface area (Å²) in [5.41, 5.74) is 3.19. The molecule has 0 amide bonds. The molecule has 0 aliphatic carbocycles. The largest absolute Gasteiger partial charge is 0.327 e. The summed E-state index contributed by atoms with van der Waals surface area (Å²) < 4.78 is 2.80. The first kappa shape index (κ1) is 13.2. The average molecular weight is 347 g/mol. The van der Waals surface area contributed by atoms with Crippen molar-refractivity contribution >= 4 is 38.6 Å². The number of aromatic nitrogens is 2. The minimum Gasteiger partial charge on any atom is -0.327 e. The van der Waals surface area contributed by atoms with Crippen LogP contribution in [0.15, 0.2) is 40.9 Å². The standard InChI is InChI=1S/C15H9BrClN3/c1-20-13-4-2-3-10(8-18)14(13)19-15(20)9-5-6-12(17)11(16)7-9/h2-7H,1H3. The van der Waals surface area contributed by atoms with Crippen molar-refractivity contribution in [3.63, 3.8) is 0 Å². The van der Waals surface area contributed by atoms with Gasteiger partial charge >= 0.3 is 0 Å². The topological polar surface area (TPSA) is 41.6 Å². The number of nitriles is 1. The lowest BCUT2D eigenvalue weighted by Crippen LogP contribution is -1.92. The maximum Gasteiger partial charge on any atom is 0.140 e. The van der Waals surface area contributed by atoms with E-state index < -0.39 is 0 Å². The number of rotatable bonds is 1. The van der Waals surface area contributed by atoms with Gasteiger partial charge in [-0.05, 0) is 46.3 Å². The van der Waals surface area contributed by atoms with Crippen molar-refractivity contribution in [2.75, 3.05) is 0 Å². The fourth-order valence-electron chi connectivity index (χ4n) is 2.20. The van der Waals surface area contributed by atoms with Crippen LogP contribution in [0.2, 0.25) is 5.02 Å². The molecule has 0 unspecified atom stereocenters. The lowest BCUT2D eigenvalue weighted by Gasteiger charge is -2.04. The van der Waals surface area contributed by atoms with Crippen molar-refractivity contribution < 1.29 is 0 Å².